The minimum Gasteiger partial charge on any atom is -0.369 e. The van der Waals surface area contributed by atoms with E-state index in [1.807, 2.05) is 25.1 Å². The number of hydrogen-bond donors (Lipinski definition) is 1. The van der Waals surface area contributed by atoms with Crippen LogP contribution in [0.3, 0.4) is 0 Å². The van der Waals surface area contributed by atoms with Gasteiger partial charge in [0.1, 0.15) is 5.54 Å². The Hall–Kier alpha value is -3.25. The van der Waals surface area contributed by atoms with E-state index in [9.17, 15) is 4.79 Å². The van der Waals surface area contributed by atoms with Crippen molar-refractivity contribution >= 4 is 23.5 Å². The molecule has 2 atom stereocenters. The molecular formula is C25H24ClN5O. The number of nitrogens with two attached hydrogens (primary N) is 1. The van der Waals surface area contributed by atoms with Gasteiger partial charge in [-0.3, -0.25) is 19.7 Å². The Kier molecular flexibility index (Phi) is 4.97. The number of pyridine rings is 2. The van der Waals surface area contributed by atoms with E-state index in [2.05, 4.69) is 34.2 Å². The molecule has 1 fully saturated rings. The van der Waals surface area contributed by atoms with Gasteiger partial charge in [-0.2, -0.15) is 0 Å². The van der Waals surface area contributed by atoms with E-state index in [0.29, 0.717) is 16.6 Å². The molecule has 1 aliphatic heterocycles. The fourth-order valence-electron chi connectivity index (χ4n) is 4.46. The van der Waals surface area contributed by atoms with Crippen LogP contribution < -0.4 is 5.73 Å². The Bertz CT molecular complexity index is 1220. The molecule has 0 bridgehead atoms. The third-order valence-electron chi connectivity index (χ3n) is 6.49. The van der Waals surface area contributed by atoms with Crippen LogP contribution in [0.15, 0.2) is 66.0 Å². The van der Waals surface area contributed by atoms with Crippen LogP contribution in [0.5, 0.6) is 0 Å². The zero-order valence-electron chi connectivity index (χ0n) is 18.0. The van der Waals surface area contributed by atoms with Crippen molar-refractivity contribution in [1.82, 2.24) is 14.9 Å². The first-order valence-electron chi connectivity index (χ1n) is 10.7. The molecular weight excluding hydrogens is 422 g/mol. The van der Waals surface area contributed by atoms with Crippen LogP contribution in [-0.2, 0) is 10.3 Å². The van der Waals surface area contributed by atoms with Gasteiger partial charge in [-0.05, 0) is 60.6 Å². The number of aromatic nitrogens is 2. The lowest BCUT2D eigenvalue weighted by Gasteiger charge is -2.41. The molecule has 0 unspecified atom stereocenters. The lowest BCUT2D eigenvalue weighted by molar-refractivity contribution is -0.130. The van der Waals surface area contributed by atoms with Crippen LogP contribution in [-0.4, -0.2) is 33.8 Å². The molecule has 0 radical (unpaired) electrons. The molecule has 6 nitrogen and oxygen atoms in total. The number of amides is 1. The minimum atomic E-state index is -0.890. The van der Waals surface area contributed by atoms with Gasteiger partial charge in [0, 0.05) is 31.2 Å². The van der Waals surface area contributed by atoms with Crippen LogP contribution in [0.2, 0.25) is 5.02 Å². The molecule has 32 heavy (non-hydrogen) atoms. The highest BCUT2D eigenvalue weighted by atomic mass is 35.5. The quantitative estimate of drug-likeness (QED) is 0.642. The highest BCUT2D eigenvalue weighted by Crippen LogP contribution is 2.45. The topological polar surface area (TPSA) is 84.5 Å². The molecule has 1 aromatic carbocycles. The Labute approximate surface area is 192 Å². The first-order valence-corrected chi connectivity index (χ1v) is 11.0. The predicted molar refractivity (Wildman–Crippen MR) is 125 cm³/mol. The van der Waals surface area contributed by atoms with E-state index in [-0.39, 0.29) is 11.9 Å². The van der Waals surface area contributed by atoms with Gasteiger partial charge in [0.25, 0.3) is 0 Å². The molecule has 0 spiro atoms. The maximum atomic E-state index is 13.5. The second kappa shape index (κ2) is 7.71. The zero-order chi connectivity index (χ0) is 22.5. The van der Waals surface area contributed by atoms with Crippen molar-refractivity contribution in [2.75, 3.05) is 7.05 Å². The molecule has 3 aromatic rings. The molecule has 1 amide bonds. The number of benzene rings is 1. The van der Waals surface area contributed by atoms with Crippen molar-refractivity contribution in [2.24, 2.45) is 10.7 Å². The van der Waals surface area contributed by atoms with E-state index in [1.165, 1.54) is 23.3 Å². The number of likely N-dealkylation sites (N-methyl/N-ethyl adjacent to an activating group) is 1. The van der Waals surface area contributed by atoms with Gasteiger partial charge in [0.2, 0.25) is 5.91 Å². The van der Waals surface area contributed by atoms with Crippen molar-refractivity contribution in [2.45, 2.75) is 37.1 Å². The summed E-state index contributed by atoms with van der Waals surface area (Å²) in [7, 11) is 1.67. The summed E-state index contributed by atoms with van der Waals surface area (Å²) < 4.78 is 0. The monoisotopic (exact) mass is 445 g/mol. The Morgan fingerprint density at radius 1 is 1.09 bits per heavy atom. The lowest BCUT2D eigenvalue weighted by atomic mass is 9.74. The minimum absolute atomic E-state index is 0.0815. The standard InChI is InChI=1S/C25H24ClN5O/c1-25(19-9-10-29-21(12-19)18-11-20(26)14-28-13-18)22(23(32)31(2)24(27)30-25)17-7-5-16(6-8-17)15-3-4-15/h5-15,22H,3-4H2,1-2H3,(H2,27,30)/t22-,25-/m1/s1. The fraction of sp³-hybridized carbons (Fsp3) is 0.280. The summed E-state index contributed by atoms with van der Waals surface area (Å²) in [6, 6.07) is 14.0. The van der Waals surface area contributed by atoms with Crippen molar-refractivity contribution in [1.29, 1.82) is 0 Å². The number of halogens is 1. The Morgan fingerprint density at radius 2 is 1.81 bits per heavy atom. The fourth-order valence-corrected chi connectivity index (χ4v) is 4.63. The molecule has 1 saturated carbocycles. The lowest BCUT2D eigenvalue weighted by Crippen LogP contribution is -2.52. The smallest absolute Gasteiger partial charge is 0.239 e. The van der Waals surface area contributed by atoms with Gasteiger partial charge in [-0.1, -0.05) is 35.9 Å². The van der Waals surface area contributed by atoms with Gasteiger partial charge in [0.05, 0.1) is 16.6 Å². The number of nitrogens with zero attached hydrogens (tertiary/aromatic N) is 4. The maximum Gasteiger partial charge on any atom is 0.239 e. The third-order valence-corrected chi connectivity index (χ3v) is 6.70. The summed E-state index contributed by atoms with van der Waals surface area (Å²) in [6.07, 6.45) is 7.49. The highest BCUT2D eigenvalue weighted by Gasteiger charge is 2.47. The maximum absolute atomic E-state index is 13.5. The van der Waals surface area contributed by atoms with E-state index in [0.717, 1.165) is 16.7 Å². The van der Waals surface area contributed by atoms with Crippen LogP contribution in [0.25, 0.3) is 11.3 Å². The molecule has 0 saturated heterocycles. The number of guanidine groups is 1. The zero-order valence-corrected chi connectivity index (χ0v) is 18.8. The molecule has 2 N–H and O–H groups in total. The van der Waals surface area contributed by atoms with Crippen LogP contribution in [0.1, 0.15) is 48.3 Å². The van der Waals surface area contributed by atoms with Crippen LogP contribution in [0, 0.1) is 0 Å². The molecule has 5 rings (SSSR count). The average molecular weight is 446 g/mol. The van der Waals surface area contributed by atoms with Crippen molar-refractivity contribution in [3.63, 3.8) is 0 Å². The first-order chi connectivity index (χ1) is 15.4. The molecule has 3 heterocycles. The van der Waals surface area contributed by atoms with Gasteiger partial charge in [-0.25, -0.2) is 4.99 Å². The molecule has 2 aliphatic rings. The third kappa shape index (κ3) is 3.54. The molecule has 2 aromatic heterocycles. The number of aliphatic imine (C=N–C) groups is 1. The largest absolute Gasteiger partial charge is 0.369 e. The molecule has 162 valence electrons. The van der Waals surface area contributed by atoms with Crippen molar-refractivity contribution in [3.05, 3.63) is 82.8 Å². The summed E-state index contributed by atoms with van der Waals surface area (Å²) in [5.74, 6) is 0.261. The summed E-state index contributed by atoms with van der Waals surface area (Å²) in [5.41, 5.74) is 9.89. The average Bonchev–Trinajstić information content (AvgIpc) is 3.64. The summed E-state index contributed by atoms with van der Waals surface area (Å²) in [5, 5.41) is 0.534. The van der Waals surface area contributed by atoms with Gasteiger partial charge < -0.3 is 5.73 Å². The first kappa shape index (κ1) is 20.6. The molecule has 7 heteroatoms. The van der Waals surface area contributed by atoms with E-state index < -0.39 is 11.5 Å². The summed E-state index contributed by atoms with van der Waals surface area (Å²) >= 11 is 6.13. The van der Waals surface area contributed by atoms with E-state index >= 15 is 0 Å². The van der Waals surface area contributed by atoms with Crippen LogP contribution in [0.4, 0.5) is 0 Å². The second-order valence-corrected chi connectivity index (χ2v) is 9.15. The normalized spacial score (nSPS) is 23.2. The second-order valence-electron chi connectivity index (χ2n) is 8.71. The number of rotatable bonds is 4. The highest BCUT2D eigenvalue weighted by molar-refractivity contribution is 6.30. The number of carbonyl (C=O) groups is 1. The van der Waals surface area contributed by atoms with Gasteiger partial charge in [-0.15, -0.1) is 0 Å². The Morgan fingerprint density at radius 3 is 2.50 bits per heavy atom. The molecule has 1 aliphatic carbocycles. The number of carbonyl (C=O) groups excluding carboxylic acids is 1. The van der Waals surface area contributed by atoms with E-state index in [4.69, 9.17) is 22.3 Å². The number of hydrogen-bond acceptors (Lipinski definition) is 5. The van der Waals surface area contributed by atoms with E-state index in [1.54, 1.807) is 25.6 Å². The Balaban J connectivity index is 1.62. The summed E-state index contributed by atoms with van der Waals surface area (Å²) in [4.78, 5) is 28.4. The summed E-state index contributed by atoms with van der Waals surface area (Å²) in [6.45, 7) is 1.96. The predicted octanol–water partition coefficient (Wildman–Crippen LogP) is 4.46. The van der Waals surface area contributed by atoms with Gasteiger partial charge in [0.15, 0.2) is 5.96 Å². The SMILES string of the molecule is CN1C(=O)[C@@H](c2ccc(C3CC3)cc2)[C@@](C)(c2ccnc(-c3cncc(Cl)c3)c2)N=C1N. The van der Waals surface area contributed by atoms with Crippen molar-refractivity contribution < 1.29 is 4.79 Å². The van der Waals surface area contributed by atoms with Gasteiger partial charge >= 0.3 is 0 Å². The van der Waals surface area contributed by atoms with Crippen molar-refractivity contribution in [3.8, 4) is 11.3 Å². The van der Waals surface area contributed by atoms with Crippen LogP contribution >= 0.6 is 11.6 Å².